The molecular formula is C23H22FN3O3. The number of amides is 2. The van der Waals surface area contributed by atoms with Gasteiger partial charge in [-0.15, -0.1) is 0 Å². The molecule has 2 amide bonds. The molecule has 6 nitrogen and oxygen atoms in total. The van der Waals surface area contributed by atoms with E-state index in [-0.39, 0.29) is 17.4 Å². The van der Waals surface area contributed by atoms with Crippen molar-refractivity contribution in [1.29, 1.82) is 0 Å². The Bertz CT molecular complexity index is 1100. The average Bonchev–Trinajstić information content (AvgIpc) is 2.73. The van der Waals surface area contributed by atoms with Crippen molar-refractivity contribution in [3.63, 3.8) is 0 Å². The lowest BCUT2D eigenvalue weighted by molar-refractivity contribution is 0.0946. The molecule has 0 fully saturated rings. The molecule has 0 aliphatic rings. The van der Waals surface area contributed by atoms with E-state index in [4.69, 9.17) is 0 Å². The fourth-order valence-electron chi connectivity index (χ4n) is 2.77. The van der Waals surface area contributed by atoms with Gasteiger partial charge in [-0.1, -0.05) is 13.8 Å². The summed E-state index contributed by atoms with van der Waals surface area (Å²) >= 11 is 0. The number of halogens is 1. The monoisotopic (exact) mass is 407 g/mol. The molecule has 154 valence electrons. The Balaban J connectivity index is 1.77. The van der Waals surface area contributed by atoms with Crippen molar-refractivity contribution in [3.8, 4) is 5.69 Å². The fraction of sp³-hybridized carbons (Fsp3) is 0.174. The molecular weight excluding hydrogens is 385 g/mol. The number of nitrogens with zero attached hydrogens (tertiary/aromatic N) is 1. The Morgan fingerprint density at radius 3 is 2.27 bits per heavy atom. The molecule has 0 radical (unpaired) electrons. The summed E-state index contributed by atoms with van der Waals surface area (Å²) in [6, 6.07) is 15.0. The van der Waals surface area contributed by atoms with E-state index in [1.54, 1.807) is 36.5 Å². The SMILES string of the molecule is CC(C)CNC(=O)c1cccn(-c2ccc(NC(=O)c3ccc(F)cc3)cc2)c1=O. The lowest BCUT2D eigenvalue weighted by Crippen LogP contribution is -2.34. The van der Waals surface area contributed by atoms with Gasteiger partial charge in [-0.2, -0.15) is 0 Å². The Hall–Kier alpha value is -3.74. The van der Waals surface area contributed by atoms with Crippen molar-refractivity contribution in [3.05, 3.63) is 94.2 Å². The van der Waals surface area contributed by atoms with Gasteiger partial charge in [-0.05, 0) is 66.6 Å². The molecule has 0 saturated carbocycles. The molecule has 1 aromatic heterocycles. The summed E-state index contributed by atoms with van der Waals surface area (Å²) in [6.07, 6.45) is 1.58. The summed E-state index contributed by atoms with van der Waals surface area (Å²) in [4.78, 5) is 37.3. The maximum Gasteiger partial charge on any atom is 0.267 e. The maximum atomic E-state index is 13.0. The average molecular weight is 407 g/mol. The van der Waals surface area contributed by atoms with E-state index in [0.29, 0.717) is 23.5 Å². The van der Waals surface area contributed by atoms with Crippen molar-refractivity contribution >= 4 is 17.5 Å². The highest BCUT2D eigenvalue weighted by atomic mass is 19.1. The van der Waals surface area contributed by atoms with Gasteiger partial charge in [0, 0.05) is 29.7 Å². The Kier molecular flexibility index (Phi) is 6.41. The number of aromatic nitrogens is 1. The van der Waals surface area contributed by atoms with Crippen molar-refractivity contribution in [2.24, 2.45) is 5.92 Å². The highest BCUT2D eigenvalue weighted by molar-refractivity contribution is 6.04. The molecule has 0 saturated heterocycles. The summed E-state index contributed by atoms with van der Waals surface area (Å²) in [7, 11) is 0. The first-order valence-corrected chi connectivity index (χ1v) is 9.52. The minimum absolute atomic E-state index is 0.0619. The van der Waals surface area contributed by atoms with Crippen LogP contribution in [0.2, 0.25) is 0 Å². The molecule has 1 heterocycles. The fourth-order valence-corrected chi connectivity index (χ4v) is 2.77. The molecule has 2 aromatic carbocycles. The number of nitrogens with one attached hydrogen (secondary N) is 2. The number of carbonyl (C=O) groups is 2. The topological polar surface area (TPSA) is 80.2 Å². The van der Waals surface area contributed by atoms with Crippen LogP contribution in [0.5, 0.6) is 0 Å². The van der Waals surface area contributed by atoms with Crippen LogP contribution >= 0.6 is 0 Å². The maximum absolute atomic E-state index is 13.0. The molecule has 0 atom stereocenters. The van der Waals surface area contributed by atoms with Gasteiger partial charge in [-0.25, -0.2) is 4.39 Å². The quantitative estimate of drug-likeness (QED) is 0.655. The molecule has 0 spiro atoms. The normalized spacial score (nSPS) is 10.7. The first-order chi connectivity index (χ1) is 14.3. The second-order valence-electron chi connectivity index (χ2n) is 7.21. The van der Waals surface area contributed by atoms with Crippen LogP contribution in [0.1, 0.15) is 34.6 Å². The molecule has 3 rings (SSSR count). The first kappa shape index (κ1) is 21.0. The summed E-state index contributed by atoms with van der Waals surface area (Å²) in [6.45, 7) is 4.43. The minimum Gasteiger partial charge on any atom is -0.352 e. The Morgan fingerprint density at radius 1 is 0.967 bits per heavy atom. The zero-order valence-electron chi connectivity index (χ0n) is 16.7. The van der Waals surface area contributed by atoms with E-state index in [1.807, 2.05) is 13.8 Å². The van der Waals surface area contributed by atoms with Gasteiger partial charge in [0.25, 0.3) is 17.4 Å². The zero-order valence-corrected chi connectivity index (χ0v) is 16.7. The molecule has 2 N–H and O–H groups in total. The highest BCUT2D eigenvalue weighted by Crippen LogP contribution is 2.14. The molecule has 3 aromatic rings. The summed E-state index contributed by atoms with van der Waals surface area (Å²) < 4.78 is 14.4. The summed E-state index contributed by atoms with van der Waals surface area (Å²) in [5.74, 6) is -0.922. The van der Waals surface area contributed by atoms with Gasteiger partial charge >= 0.3 is 0 Å². The van der Waals surface area contributed by atoms with Crippen molar-refractivity contribution in [2.45, 2.75) is 13.8 Å². The van der Waals surface area contributed by atoms with E-state index < -0.39 is 17.3 Å². The Morgan fingerprint density at radius 2 is 1.63 bits per heavy atom. The van der Waals surface area contributed by atoms with Gasteiger partial charge in [0.05, 0.1) is 0 Å². The predicted octanol–water partition coefficient (Wildman–Crippen LogP) is 3.61. The first-order valence-electron chi connectivity index (χ1n) is 9.52. The third-order valence-electron chi connectivity index (χ3n) is 4.37. The smallest absolute Gasteiger partial charge is 0.267 e. The zero-order chi connectivity index (χ0) is 21.7. The van der Waals surface area contributed by atoms with E-state index in [2.05, 4.69) is 10.6 Å². The van der Waals surface area contributed by atoms with Gasteiger partial charge in [0.1, 0.15) is 11.4 Å². The van der Waals surface area contributed by atoms with E-state index in [9.17, 15) is 18.8 Å². The van der Waals surface area contributed by atoms with Crippen molar-refractivity contribution in [2.75, 3.05) is 11.9 Å². The lowest BCUT2D eigenvalue weighted by atomic mass is 10.2. The largest absolute Gasteiger partial charge is 0.352 e. The summed E-state index contributed by atoms with van der Waals surface area (Å²) in [5, 5.41) is 5.46. The van der Waals surface area contributed by atoms with Gasteiger partial charge in [0.15, 0.2) is 0 Å². The second kappa shape index (κ2) is 9.17. The number of hydrogen-bond acceptors (Lipinski definition) is 3. The van der Waals surface area contributed by atoms with Crippen LogP contribution in [0, 0.1) is 11.7 Å². The van der Waals surface area contributed by atoms with Crippen LogP contribution in [0.4, 0.5) is 10.1 Å². The predicted molar refractivity (Wildman–Crippen MR) is 114 cm³/mol. The molecule has 0 bridgehead atoms. The number of carbonyl (C=O) groups excluding carboxylic acids is 2. The molecule has 30 heavy (non-hydrogen) atoms. The molecule has 7 heteroatoms. The second-order valence-corrected chi connectivity index (χ2v) is 7.21. The number of pyridine rings is 1. The Labute approximate surface area is 173 Å². The van der Waals surface area contributed by atoms with Gasteiger partial charge in [0.2, 0.25) is 0 Å². The van der Waals surface area contributed by atoms with E-state index in [1.165, 1.54) is 34.9 Å². The molecule has 0 unspecified atom stereocenters. The lowest BCUT2D eigenvalue weighted by Gasteiger charge is -2.11. The van der Waals surface area contributed by atoms with Crippen molar-refractivity contribution < 1.29 is 14.0 Å². The summed E-state index contributed by atoms with van der Waals surface area (Å²) in [5.41, 5.74) is 1.04. The number of benzene rings is 2. The van der Waals surface area contributed by atoms with Gasteiger partial charge < -0.3 is 10.6 Å². The van der Waals surface area contributed by atoms with Crippen LogP contribution in [0.15, 0.2) is 71.7 Å². The van der Waals surface area contributed by atoms with Crippen molar-refractivity contribution in [1.82, 2.24) is 9.88 Å². The highest BCUT2D eigenvalue weighted by Gasteiger charge is 2.13. The number of anilines is 1. The van der Waals surface area contributed by atoms with Crippen LogP contribution in [-0.4, -0.2) is 22.9 Å². The van der Waals surface area contributed by atoms with E-state index >= 15 is 0 Å². The van der Waals surface area contributed by atoms with Crippen LogP contribution < -0.4 is 16.2 Å². The van der Waals surface area contributed by atoms with Crippen LogP contribution in [0.3, 0.4) is 0 Å². The standard InChI is InChI=1S/C23H22FN3O3/c1-15(2)14-25-22(29)20-4-3-13-27(23(20)30)19-11-9-18(10-12-19)26-21(28)16-5-7-17(24)8-6-16/h3-13,15H,14H2,1-2H3,(H,25,29)(H,26,28). The number of hydrogen-bond donors (Lipinski definition) is 2. The molecule has 0 aliphatic carbocycles. The van der Waals surface area contributed by atoms with E-state index in [0.717, 1.165) is 0 Å². The van der Waals surface area contributed by atoms with Gasteiger partial charge in [-0.3, -0.25) is 19.0 Å². The molecule has 0 aliphatic heterocycles. The number of rotatable bonds is 6. The third kappa shape index (κ3) is 5.00. The van der Waals surface area contributed by atoms with Crippen LogP contribution in [-0.2, 0) is 0 Å². The van der Waals surface area contributed by atoms with Crippen LogP contribution in [0.25, 0.3) is 5.69 Å². The third-order valence-corrected chi connectivity index (χ3v) is 4.37. The minimum atomic E-state index is -0.429.